The Labute approximate surface area is 216 Å². The second kappa shape index (κ2) is 16.4. The van der Waals surface area contributed by atoms with Gasteiger partial charge in [0.15, 0.2) is 0 Å². The summed E-state index contributed by atoms with van der Waals surface area (Å²) in [4.78, 5) is 46.7. The molecule has 3 rings (SSSR count). The number of carbonyl (C=O) groups is 3. The van der Waals surface area contributed by atoms with E-state index in [4.69, 9.17) is 4.89 Å². The SMILES string of the molecule is O=C1CCCCCCCCCCCCOOOOONNC(=O)[C@@]2(CCCC1)SC[C@@H]1NC(=O)N[C@@H]12. The zero-order valence-electron chi connectivity index (χ0n) is 20.8. The maximum atomic E-state index is 13.1. The predicted octanol–water partition coefficient (Wildman–Crippen LogP) is 3.24. The average molecular weight is 533 g/mol. The van der Waals surface area contributed by atoms with Crippen molar-refractivity contribution in [1.82, 2.24) is 21.6 Å². The number of thioether (sulfide) groups is 1. The van der Waals surface area contributed by atoms with Crippen molar-refractivity contribution in [3.05, 3.63) is 0 Å². The summed E-state index contributed by atoms with van der Waals surface area (Å²) >= 11 is 1.47. The van der Waals surface area contributed by atoms with Gasteiger partial charge in [-0.3, -0.25) is 15.0 Å². The molecule has 36 heavy (non-hydrogen) atoms. The quantitative estimate of drug-likeness (QED) is 0.271. The number of Topliss-reactive ketones (excluding diaryl/α,β-unsaturated/α-hetero) is 1. The molecule has 0 aliphatic carbocycles. The van der Waals surface area contributed by atoms with Crippen molar-refractivity contribution in [2.75, 3.05) is 12.4 Å². The van der Waals surface area contributed by atoms with Crippen LogP contribution in [-0.4, -0.2) is 46.9 Å². The lowest BCUT2D eigenvalue weighted by Crippen LogP contribution is -2.58. The number of hydrogen-bond donors (Lipinski definition) is 4. The topological polar surface area (TPSA) is 145 Å². The molecule has 3 saturated heterocycles. The van der Waals surface area contributed by atoms with Crippen LogP contribution in [0.25, 0.3) is 0 Å². The molecule has 0 radical (unpaired) electrons. The van der Waals surface area contributed by atoms with Gasteiger partial charge in [-0.25, -0.2) is 9.68 Å². The summed E-state index contributed by atoms with van der Waals surface area (Å²) in [6.45, 7) is 0.355. The highest BCUT2D eigenvalue weighted by Gasteiger charge is 2.57. The largest absolute Gasteiger partial charge is 0.332 e. The maximum Gasteiger partial charge on any atom is 0.315 e. The Hall–Kier alpha value is -1.48. The van der Waals surface area contributed by atoms with Gasteiger partial charge in [0.2, 0.25) is 0 Å². The Morgan fingerprint density at radius 3 is 2.17 bits per heavy atom. The van der Waals surface area contributed by atoms with E-state index >= 15 is 0 Å². The molecule has 1 spiro atoms. The van der Waals surface area contributed by atoms with Crippen LogP contribution in [0.4, 0.5) is 4.79 Å². The number of fused-ring (bicyclic) bond motifs is 2. The summed E-state index contributed by atoms with van der Waals surface area (Å²) in [7, 11) is 0. The number of hydrazine groups is 1. The summed E-state index contributed by atoms with van der Waals surface area (Å²) in [5.74, 6) is 0.500. The Morgan fingerprint density at radius 2 is 1.42 bits per heavy atom. The molecule has 4 N–H and O–H groups in total. The highest BCUT2D eigenvalue weighted by Crippen LogP contribution is 2.44. The standard InChI is InChI=1S/C23H40N4O8S/c28-18-13-9-7-5-3-1-2-4-6-8-12-16-31-33-35-34-32-27-26-21(29)23(15-11-10-14-18)20-19(17-36-23)24-22(30)25-20/h19-20,27H,1-17H2,(H,26,29)(H2,24,25,30)/t19-,20-,23-/m0/s1. The Bertz CT molecular complexity index is 703. The summed E-state index contributed by atoms with van der Waals surface area (Å²) in [5, 5.41) is 18.7. The minimum absolute atomic E-state index is 0.152. The monoisotopic (exact) mass is 532 g/mol. The molecule has 3 amide bonds. The molecule has 3 aliphatic heterocycles. The molecule has 3 heterocycles. The third-order valence-electron chi connectivity index (χ3n) is 6.94. The van der Waals surface area contributed by atoms with Gasteiger partial charge in [0.1, 0.15) is 10.5 Å². The molecule has 3 aliphatic rings. The smallest absolute Gasteiger partial charge is 0.315 e. The number of carbonyl (C=O) groups excluding carboxylic acids is 3. The molecule has 0 aromatic rings. The van der Waals surface area contributed by atoms with Crippen molar-refractivity contribution in [1.29, 1.82) is 0 Å². The van der Waals surface area contributed by atoms with Gasteiger partial charge in [-0.15, -0.1) is 11.8 Å². The minimum atomic E-state index is -0.922. The van der Waals surface area contributed by atoms with Crippen LogP contribution in [-0.2, 0) is 34.6 Å². The van der Waals surface area contributed by atoms with Crippen molar-refractivity contribution in [2.24, 2.45) is 0 Å². The van der Waals surface area contributed by atoms with E-state index in [1.165, 1.54) is 43.9 Å². The summed E-state index contributed by atoms with van der Waals surface area (Å²) in [6, 6.07) is -0.823. The Morgan fingerprint density at radius 1 is 0.750 bits per heavy atom. The van der Waals surface area contributed by atoms with Gasteiger partial charge in [0, 0.05) is 18.6 Å². The first-order valence-corrected chi connectivity index (χ1v) is 14.2. The van der Waals surface area contributed by atoms with E-state index in [2.05, 4.69) is 41.8 Å². The second-order valence-electron chi connectivity index (χ2n) is 9.60. The summed E-state index contributed by atoms with van der Waals surface area (Å²) in [6.07, 6.45) is 14.1. The van der Waals surface area contributed by atoms with Crippen LogP contribution < -0.4 is 21.6 Å². The van der Waals surface area contributed by atoms with E-state index in [-0.39, 0.29) is 29.8 Å². The fraction of sp³-hybridized carbons (Fsp3) is 0.870. The van der Waals surface area contributed by atoms with Crippen molar-refractivity contribution in [3.63, 3.8) is 0 Å². The summed E-state index contributed by atoms with van der Waals surface area (Å²) in [5.41, 5.74) is 4.60. The highest BCUT2D eigenvalue weighted by atomic mass is 32.2. The van der Waals surface area contributed by atoms with E-state index in [1.807, 2.05) is 0 Å². The fourth-order valence-corrected chi connectivity index (χ4v) is 6.62. The predicted molar refractivity (Wildman–Crippen MR) is 130 cm³/mol. The lowest BCUT2D eigenvalue weighted by atomic mass is 9.88. The van der Waals surface area contributed by atoms with Gasteiger partial charge >= 0.3 is 6.03 Å². The molecule has 0 saturated carbocycles. The number of amides is 3. The van der Waals surface area contributed by atoms with E-state index in [0.717, 1.165) is 32.1 Å². The Kier molecular flexibility index (Phi) is 13.2. The summed E-state index contributed by atoms with van der Waals surface area (Å²) < 4.78 is -0.922. The van der Waals surface area contributed by atoms with Gasteiger partial charge in [-0.1, -0.05) is 68.4 Å². The van der Waals surface area contributed by atoms with Crippen molar-refractivity contribution < 1.29 is 39.4 Å². The minimum Gasteiger partial charge on any atom is -0.332 e. The normalized spacial score (nSPS) is 31.8. The number of hydrogen-bond acceptors (Lipinski definition) is 10. The van der Waals surface area contributed by atoms with Crippen LogP contribution in [0.3, 0.4) is 0 Å². The third-order valence-corrected chi connectivity index (χ3v) is 8.63. The van der Waals surface area contributed by atoms with E-state index < -0.39 is 4.75 Å². The van der Waals surface area contributed by atoms with Gasteiger partial charge in [0.25, 0.3) is 5.91 Å². The molecule has 0 unspecified atom stereocenters. The highest BCUT2D eigenvalue weighted by molar-refractivity contribution is 8.01. The van der Waals surface area contributed by atoms with Crippen molar-refractivity contribution in [3.8, 4) is 0 Å². The van der Waals surface area contributed by atoms with Crippen LogP contribution in [0.15, 0.2) is 0 Å². The molecule has 12 nitrogen and oxygen atoms in total. The van der Waals surface area contributed by atoms with E-state index in [9.17, 15) is 14.4 Å². The van der Waals surface area contributed by atoms with Gasteiger partial charge in [-0.05, 0) is 40.8 Å². The lowest BCUT2D eigenvalue weighted by molar-refractivity contribution is -0.717. The first-order chi connectivity index (χ1) is 17.6. The molecule has 0 bridgehead atoms. The van der Waals surface area contributed by atoms with Crippen LogP contribution in [0.5, 0.6) is 0 Å². The molecule has 13 heteroatoms. The van der Waals surface area contributed by atoms with Crippen LogP contribution >= 0.6 is 11.8 Å². The van der Waals surface area contributed by atoms with Crippen LogP contribution in [0, 0.1) is 0 Å². The van der Waals surface area contributed by atoms with E-state index in [0.29, 0.717) is 44.5 Å². The molecule has 206 valence electrons. The zero-order valence-corrected chi connectivity index (χ0v) is 21.7. The van der Waals surface area contributed by atoms with Gasteiger partial charge in [-0.2, -0.15) is 0 Å². The Balaban J connectivity index is 1.48. The second-order valence-corrected chi connectivity index (χ2v) is 10.9. The zero-order chi connectivity index (χ0) is 25.5. The van der Waals surface area contributed by atoms with Gasteiger partial charge < -0.3 is 10.6 Å². The van der Waals surface area contributed by atoms with Crippen molar-refractivity contribution in [2.45, 2.75) is 113 Å². The molecule has 0 aromatic carbocycles. The first-order valence-electron chi connectivity index (χ1n) is 13.2. The molecular weight excluding hydrogens is 492 g/mol. The van der Waals surface area contributed by atoms with Crippen LogP contribution in [0.2, 0.25) is 0 Å². The molecular formula is C23H40N4O8S. The molecule has 3 atom stereocenters. The maximum absolute atomic E-state index is 13.1. The molecule has 0 aromatic heterocycles. The average Bonchev–Trinajstić information content (AvgIpc) is 3.40. The number of nitrogens with one attached hydrogen (secondary N) is 4. The molecule has 3 fully saturated rings. The fourth-order valence-electron chi connectivity index (χ4n) is 4.99. The van der Waals surface area contributed by atoms with Gasteiger partial charge in [0.05, 0.1) is 18.7 Å². The third kappa shape index (κ3) is 9.43. The van der Waals surface area contributed by atoms with Crippen LogP contribution in [0.1, 0.15) is 96.3 Å². The number of urea groups is 1. The van der Waals surface area contributed by atoms with E-state index in [1.54, 1.807) is 0 Å². The lowest BCUT2D eigenvalue weighted by Gasteiger charge is -2.32. The van der Waals surface area contributed by atoms with Crippen molar-refractivity contribution >= 4 is 29.5 Å². The number of ketones is 1. The first kappa shape index (κ1) is 29.1. The number of rotatable bonds is 0.